The number of rotatable bonds is 3. The molecule has 0 unspecified atom stereocenters. The average Bonchev–Trinajstić information content (AvgIpc) is 2.90. The van der Waals surface area contributed by atoms with Crippen LogP contribution in [-0.2, 0) is 21.1 Å². The number of amidine groups is 1. The minimum atomic E-state index is -2.95. The van der Waals surface area contributed by atoms with Gasteiger partial charge in [-0.15, -0.1) is 0 Å². The average molecular weight is 338 g/mol. The van der Waals surface area contributed by atoms with Crippen LogP contribution in [0.5, 0.6) is 0 Å². The number of nitrogens with zero attached hydrogens (tertiary/aromatic N) is 2. The molecule has 3 rings (SSSR count). The molecule has 2 aliphatic rings. The van der Waals surface area contributed by atoms with Crippen LogP contribution in [0.1, 0.15) is 12.5 Å². The maximum absolute atomic E-state index is 12.1. The standard InChI is InChI=1S/C15H18N2O3S2/c1-2-17-12-9-22(19,20)10-13(12)21-15(17)16-14(18)8-11-6-4-3-5-7-11/h3-7,12-13H,2,8-10H2,1H3/t12-,13+/m0/s1. The summed E-state index contributed by atoms with van der Waals surface area (Å²) in [7, 11) is -2.95. The molecule has 1 aromatic carbocycles. The van der Waals surface area contributed by atoms with E-state index >= 15 is 0 Å². The lowest BCUT2D eigenvalue weighted by molar-refractivity contribution is -0.117. The third-order valence-corrected chi connectivity index (χ3v) is 7.18. The lowest BCUT2D eigenvalue weighted by Crippen LogP contribution is -2.37. The summed E-state index contributed by atoms with van der Waals surface area (Å²) >= 11 is 1.43. The Morgan fingerprint density at radius 1 is 1.32 bits per heavy atom. The zero-order valence-electron chi connectivity index (χ0n) is 12.3. The first-order valence-corrected chi connectivity index (χ1v) is 9.98. The van der Waals surface area contributed by atoms with Crippen LogP contribution in [0.3, 0.4) is 0 Å². The Morgan fingerprint density at radius 3 is 2.73 bits per heavy atom. The Bertz CT molecular complexity index is 701. The highest BCUT2D eigenvalue weighted by molar-refractivity contribution is 8.15. The molecule has 0 N–H and O–H groups in total. The van der Waals surface area contributed by atoms with Gasteiger partial charge in [-0.25, -0.2) is 8.42 Å². The third kappa shape index (κ3) is 3.20. The number of carbonyl (C=O) groups excluding carboxylic acids is 1. The molecule has 2 atom stereocenters. The van der Waals surface area contributed by atoms with Gasteiger partial charge in [-0.3, -0.25) is 4.79 Å². The maximum Gasteiger partial charge on any atom is 0.252 e. The minimum Gasteiger partial charge on any atom is -0.346 e. The Kier molecular flexibility index (Phi) is 4.27. The fourth-order valence-electron chi connectivity index (χ4n) is 2.92. The largest absolute Gasteiger partial charge is 0.346 e. The van der Waals surface area contributed by atoms with Crippen molar-refractivity contribution in [3.63, 3.8) is 0 Å². The number of aliphatic imine (C=N–C) groups is 1. The van der Waals surface area contributed by atoms with E-state index in [1.54, 1.807) is 0 Å². The summed E-state index contributed by atoms with van der Waals surface area (Å²) in [5, 5.41) is 0.682. The van der Waals surface area contributed by atoms with Crippen LogP contribution < -0.4 is 0 Å². The van der Waals surface area contributed by atoms with Crippen molar-refractivity contribution in [1.82, 2.24) is 4.90 Å². The topological polar surface area (TPSA) is 66.8 Å². The fourth-order valence-corrected chi connectivity index (χ4v) is 6.95. The molecule has 1 aromatic rings. The van der Waals surface area contributed by atoms with Gasteiger partial charge in [0.15, 0.2) is 15.0 Å². The lowest BCUT2D eigenvalue weighted by Gasteiger charge is -2.22. The molecule has 118 valence electrons. The first kappa shape index (κ1) is 15.6. The molecule has 0 saturated carbocycles. The zero-order valence-corrected chi connectivity index (χ0v) is 13.9. The summed E-state index contributed by atoms with van der Waals surface area (Å²) in [6.07, 6.45) is 0.274. The minimum absolute atomic E-state index is 0.00762. The number of benzene rings is 1. The van der Waals surface area contributed by atoms with Gasteiger partial charge in [0.05, 0.1) is 24.0 Å². The van der Waals surface area contributed by atoms with Gasteiger partial charge in [-0.2, -0.15) is 4.99 Å². The Labute approximate surface area is 134 Å². The van der Waals surface area contributed by atoms with E-state index in [0.717, 1.165) is 5.56 Å². The lowest BCUT2D eigenvalue weighted by atomic mass is 10.1. The van der Waals surface area contributed by atoms with Gasteiger partial charge in [0, 0.05) is 11.8 Å². The molecule has 22 heavy (non-hydrogen) atoms. The van der Waals surface area contributed by atoms with Gasteiger partial charge < -0.3 is 4.90 Å². The number of hydrogen-bond acceptors (Lipinski definition) is 4. The van der Waals surface area contributed by atoms with E-state index in [9.17, 15) is 13.2 Å². The van der Waals surface area contributed by atoms with E-state index in [1.165, 1.54) is 11.8 Å². The molecule has 2 saturated heterocycles. The third-order valence-electron chi connectivity index (χ3n) is 3.93. The van der Waals surface area contributed by atoms with Gasteiger partial charge in [0.2, 0.25) is 0 Å². The molecular weight excluding hydrogens is 320 g/mol. The second kappa shape index (κ2) is 6.04. The number of thioether (sulfide) groups is 1. The molecule has 2 heterocycles. The predicted octanol–water partition coefficient (Wildman–Crippen LogP) is 1.35. The summed E-state index contributed by atoms with van der Waals surface area (Å²) in [6.45, 7) is 2.63. The zero-order chi connectivity index (χ0) is 15.7. The monoisotopic (exact) mass is 338 g/mol. The SMILES string of the molecule is CCN1C(=NC(=O)Cc2ccccc2)S[C@@H]2CS(=O)(=O)C[C@@H]21. The van der Waals surface area contributed by atoms with Gasteiger partial charge in [0.1, 0.15) is 0 Å². The highest BCUT2D eigenvalue weighted by Gasteiger charge is 2.48. The molecule has 2 fully saturated rings. The summed E-state index contributed by atoms with van der Waals surface area (Å²) in [6, 6.07) is 9.47. The smallest absolute Gasteiger partial charge is 0.252 e. The van der Waals surface area contributed by atoms with Crippen molar-refractivity contribution in [2.75, 3.05) is 18.1 Å². The number of sulfone groups is 1. The Balaban J connectivity index is 1.73. The summed E-state index contributed by atoms with van der Waals surface area (Å²) in [5.41, 5.74) is 0.936. The molecule has 0 aromatic heterocycles. The predicted molar refractivity (Wildman–Crippen MR) is 88.8 cm³/mol. The summed E-state index contributed by atoms with van der Waals surface area (Å²) < 4.78 is 23.5. The van der Waals surface area contributed by atoms with Crippen molar-refractivity contribution in [3.8, 4) is 0 Å². The van der Waals surface area contributed by atoms with Crippen LogP contribution in [0.4, 0.5) is 0 Å². The van der Waals surface area contributed by atoms with Crippen molar-refractivity contribution in [2.24, 2.45) is 4.99 Å². The van der Waals surface area contributed by atoms with Crippen molar-refractivity contribution in [1.29, 1.82) is 0 Å². The van der Waals surface area contributed by atoms with Gasteiger partial charge in [-0.1, -0.05) is 42.1 Å². The van der Waals surface area contributed by atoms with Crippen LogP contribution >= 0.6 is 11.8 Å². The molecular formula is C15H18N2O3S2. The van der Waals surface area contributed by atoms with Crippen LogP contribution in [0.15, 0.2) is 35.3 Å². The number of amides is 1. The second-order valence-corrected chi connectivity index (χ2v) is 8.90. The van der Waals surface area contributed by atoms with Gasteiger partial charge in [-0.05, 0) is 12.5 Å². The molecule has 0 bridgehead atoms. The molecule has 5 nitrogen and oxygen atoms in total. The van der Waals surface area contributed by atoms with Crippen LogP contribution in [-0.4, -0.2) is 53.7 Å². The van der Waals surface area contributed by atoms with Crippen LogP contribution in [0, 0.1) is 0 Å². The molecule has 0 spiro atoms. The first-order valence-electron chi connectivity index (χ1n) is 7.27. The molecule has 1 amide bonds. The molecule has 0 aliphatic carbocycles. The fraction of sp³-hybridized carbons (Fsp3) is 0.467. The maximum atomic E-state index is 12.1. The summed E-state index contributed by atoms with van der Waals surface area (Å²) in [4.78, 5) is 18.3. The Hall–Kier alpha value is -1.34. The quantitative estimate of drug-likeness (QED) is 0.832. The highest BCUT2D eigenvalue weighted by Crippen LogP contribution is 2.37. The normalized spacial score (nSPS) is 28.0. The van der Waals surface area contributed by atoms with Gasteiger partial charge >= 0.3 is 0 Å². The van der Waals surface area contributed by atoms with Crippen LogP contribution in [0.25, 0.3) is 0 Å². The van der Waals surface area contributed by atoms with Crippen LogP contribution in [0.2, 0.25) is 0 Å². The van der Waals surface area contributed by atoms with E-state index in [1.807, 2.05) is 42.2 Å². The van der Waals surface area contributed by atoms with E-state index in [4.69, 9.17) is 0 Å². The Morgan fingerprint density at radius 2 is 2.05 bits per heavy atom. The summed E-state index contributed by atoms with van der Waals surface area (Å²) in [5.74, 6) is 0.171. The van der Waals surface area contributed by atoms with E-state index < -0.39 is 9.84 Å². The van der Waals surface area contributed by atoms with Crippen molar-refractivity contribution in [2.45, 2.75) is 24.6 Å². The first-order chi connectivity index (χ1) is 10.5. The molecule has 2 aliphatic heterocycles. The van der Waals surface area contributed by atoms with E-state index in [-0.39, 0.29) is 35.1 Å². The second-order valence-electron chi connectivity index (χ2n) is 5.54. The molecule has 7 heteroatoms. The number of hydrogen-bond donors (Lipinski definition) is 0. The van der Waals surface area contributed by atoms with E-state index in [2.05, 4.69) is 4.99 Å². The molecule has 0 radical (unpaired) electrons. The van der Waals surface area contributed by atoms with Gasteiger partial charge in [0.25, 0.3) is 5.91 Å². The number of fused-ring (bicyclic) bond motifs is 1. The van der Waals surface area contributed by atoms with Crippen molar-refractivity contribution in [3.05, 3.63) is 35.9 Å². The van der Waals surface area contributed by atoms with Crippen molar-refractivity contribution >= 4 is 32.7 Å². The highest BCUT2D eigenvalue weighted by atomic mass is 32.2. The van der Waals surface area contributed by atoms with E-state index in [0.29, 0.717) is 11.7 Å². The number of carbonyl (C=O) groups is 1. The van der Waals surface area contributed by atoms with Crippen molar-refractivity contribution < 1.29 is 13.2 Å².